The summed E-state index contributed by atoms with van der Waals surface area (Å²) in [6, 6.07) is 16.4. The van der Waals surface area contributed by atoms with Crippen LogP contribution in [0.2, 0.25) is 0 Å². The molecule has 6 nitrogen and oxygen atoms in total. The summed E-state index contributed by atoms with van der Waals surface area (Å²) in [6.07, 6.45) is 2.04. The van der Waals surface area contributed by atoms with Crippen LogP contribution in [0.4, 0.5) is 5.69 Å². The zero-order valence-electron chi connectivity index (χ0n) is 17.6. The first-order valence-electron chi connectivity index (χ1n) is 10.2. The molecule has 0 amide bonds. The van der Waals surface area contributed by atoms with Crippen molar-refractivity contribution < 1.29 is 9.47 Å². The van der Waals surface area contributed by atoms with Gasteiger partial charge in [-0.2, -0.15) is 0 Å². The Morgan fingerprint density at radius 3 is 2.52 bits per heavy atom. The predicted octanol–water partition coefficient (Wildman–Crippen LogP) is 2.94. The Balaban J connectivity index is 1.44. The van der Waals surface area contributed by atoms with Crippen LogP contribution in [0.1, 0.15) is 12.0 Å². The van der Waals surface area contributed by atoms with Crippen LogP contribution in [0.5, 0.6) is 11.5 Å². The summed E-state index contributed by atoms with van der Waals surface area (Å²) < 4.78 is 10.9. The topological polar surface area (TPSA) is 58.1 Å². The van der Waals surface area contributed by atoms with E-state index in [9.17, 15) is 0 Å². The molecule has 2 aromatic rings. The molecule has 0 spiro atoms. The molecule has 0 saturated carbocycles. The van der Waals surface area contributed by atoms with E-state index in [1.165, 1.54) is 11.3 Å². The Labute approximate surface area is 173 Å². The van der Waals surface area contributed by atoms with Crippen LogP contribution in [0, 0.1) is 5.92 Å². The summed E-state index contributed by atoms with van der Waals surface area (Å²) in [5.41, 5.74) is 2.37. The van der Waals surface area contributed by atoms with Gasteiger partial charge in [0.25, 0.3) is 0 Å². The first-order valence-corrected chi connectivity index (χ1v) is 10.2. The van der Waals surface area contributed by atoms with Crippen molar-refractivity contribution in [1.82, 2.24) is 10.6 Å². The molecular weight excluding hydrogens is 364 g/mol. The molecule has 156 valence electrons. The minimum atomic E-state index is 0.577. The van der Waals surface area contributed by atoms with Gasteiger partial charge >= 0.3 is 0 Å². The first-order chi connectivity index (χ1) is 14.2. The number of para-hydroxylation sites is 3. The standard InChI is InChI=1S/C23H32N4O2/c1-24-23(25-14-12-19-8-4-6-10-21(19)28-2)26-16-18-13-15-27(17-18)20-9-5-7-11-22(20)29-3/h4-11,18H,12-17H2,1-3H3,(H2,24,25,26). The van der Waals surface area contributed by atoms with Crippen LogP contribution in [-0.2, 0) is 6.42 Å². The van der Waals surface area contributed by atoms with Gasteiger partial charge in [-0.3, -0.25) is 4.99 Å². The van der Waals surface area contributed by atoms with Gasteiger partial charge < -0.3 is 25.0 Å². The fraction of sp³-hybridized carbons (Fsp3) is 0.435. The molecule has 1 aliphatic rings. The number of nitrogens with zero attached hydrogens (tertiary/aromatic N) is 2. The van der Waals surface area contributed by atoms with E-state index >= 15 is 0 Å². The van der Waals surface area contributed by atoms with Gasteiger partial charge in [-0.15, -0.1) is 0 Å². The summed E-state index contributed by atoms with van der Waals surface area (Å²) in [5.74, 6) is 3.29. The number of hydrogen-bond donors (Lipinski definition) is 2. The van der Waals surface area contributed by atoms with Crippen LogP contribution in [-0.4, -0.2) is 53.4 Å². The van der Waals surface area contributed by atoms with E-state index in [4.69, 9.17) is 9.47 Å². The van der Waals surface area contributed by atoms with Crippen molar-refractivity contribution in [3.63, 3.8) is 0 Å². The van der Waals surface area contributed by atoms with Gasteiger partial charge in [-0.25, -0.2) is 0 Å². The van der Waals surface area contributed by atoms with E-state index in [1.807, 2.05) is 37.4 Å². The maximum absolute atomic E-state index is 5.51. The lowest BCUT2D eigenvalue weighted by Gasteiger charge is -2.21. The van der Waals surface area contributed by atoms with Crippen molar-refractivity contribution in [1.29, 1.82) is 0 Å². The molecule has 1 aliphatic heterocycles. The van der Waals surface area contributed by atoms with Crippen molar-refractivity contribution in [2.45, 2.75) is 12.8 Å². The largest absolute Gasteiger partial charge is 0.496 e. The molecule has 1 unspecified atom stereocenters. The average Bonchev–Trinajstić information content (AvgIpc) is 3.25. The van der Waals surface area contributed by atoms with E-state index in [1.54, 1.807) is 14.2 Å². The Morgan fingerprint density at radius 2 is 1.76 bits per heavy atom. The molecule has 1 heterocycles. The lowest BCUT2D eigenvalue weighted by Crippen LogP contribution is -2.41. The van der Waals surface area contributed by atoms with Gasteiger partial charge in [0.1, 0.15) is 11.5 Å². The smallest absolute Gasteiger partial charge is 0.190 e. The third-order valence-electron chi connectivity index (χ3n) is 5.37. The maximum Gasteiger partial charge on any atom is 0.190 e. The lowest BCUT2D eigenvalue weighted by atomic mass is 10.1. The second kappa shape index (κ2) is 10.6. The molecule has 1 saturated heterocycles. The number of anilines is 1. The number of aliphatic imine (C=N–C) groups is 1. The highest BCUT2D eigenvalue weighted by atomic mass is 16.5. The zero-order chi connectivity index (χ0) is 20.5. The van der Waals surface area contributed by atoms with Crippen LogP contribution in [0.3, 0.4) is 0 Å². The monoisotopic (exact) mass is 396 g/mol. The summed E-state index contributed by atoms with van der Waals surface area (Å²) >= 11 is 0. The van der Waals surface area contributed by atoms with Crippen molar-refractivity contribution in [3.05, 3.63) is 54.1 Å². The molecule has 0 aliphatic carbocycles. The lowest BCUT2D eigenvalue weighted by molar-refractivity contribution is 0.409. The first kappa shape index (κ1) is 20.8. The summed E-state index contributed by atoms with van der Waals surface area (Å²) in [4.78, 5) is 6.76. The normalized spacial score (nSPS) is 16.6. The molecule has 0 bridgehead atoms. The van der Waals surface area contributed by atoms with Crippen molar-refractivity contribution in [2.75, 3.05) is 52.3 Å². The van der Waals surface area contributed by atoms with Crippen LogP contribution in [0.15, 0.2) is 53.5 Å². The molecule has 29 heavy (non-hydrogen) atoms. The fourth-order valence-corrected chi connectivity index (χ4v) is 3.80. The molecule has 0 radical (unpaired) electrons. The number of methoxy groups -OCH3 is 2. The van der Waals surface area contributed by atoms with E-state index in [2.05, 4.69) is 38.7 Å². The fourth-order valence-electron chi connectivity index (χ4n) is 3.80. The van der Waals surface area contributed by atoms with Gasteiger partial charge in [0.15, 0.2) is 5.96 Å². The molecule has 6 heteroatoms. The van der Waals surface area contributed by atoms with Gasteiger partial charge in [-0.05, 0) is 42.5 Å². The Morgan fingerprint density at radius 1 is 1.03 bits per heavy atom. The molecular formula is C23H32N4O2. The third-order valence-corrected chi connectivity index (χ3v) is 5.37. The van der Waals surface area contributed by atoms with Gasteiger partial charge in [0, 0.05) is 33.2 Å². The second-order valence-electron chi connectivity index (χ2n) is 7.21. The van der Waals surface area contributed by atoms with Gasteiger partial charge in [-0.1, -0.05) is 30.3 Å². The predicted molar refractivity (Wildman–Crippen MR) is 119 cm³/mol. The molecule has 2 aromatic carbocycles. The molecule has 1 fully saturated rings. The molecule has 0 aromatic heterocycles. The highest BCUT2D eigenvalue weighted by Gasteiger charge is 2.24. The third kappa shape index (κ3) is 5.56. The summed E-state index contributed by atoms with van der Waals surface area (Å²) in [5, 5.41) is 6.88. The van der Waals surface area contributed by atoms with Crippen molar-refractivity contribution >= 4 is 11.6 Å². The van der Waals surface area contributed by atoms with Crippen molar-refractivity contribution in [2.24, 2.45) is 10.9 Å². The van der Waals surface area contributed by atoms with E-state index in [0.717, 1.165) is 56.5 Å². The van der Waals surface area contributed by atoms with Crippen LogP contribution in [0.25, 0.3) is 0 Å². The minimum absolute atomic E-state index is 0.577. The summed E-state index contributed by atoms with van der Waals surface area (Å²) in [6.45, 7) is 3.77. The minimum Gasteiger partial charge on any atom is -0.496 e. The zero-order valence-corrected chi connectivity index (χ0v) is 17.6. The van der Waals surface area contributed by atoms with E-state index in [-0.39, 0.29) is 0 Å². The number of guanidine groups is 1. The number of nitrogens with one attached hydrogen (secondary N) is 2. The highest BCUT2D eigenvalue weighted by Crippen LogP contribution is 2.31. The number of ether oxygens (including phenoxy) is 2. The number of hydrogen-bond acceptors (Lipinski definition) is 4. The molecule has 2 N–H and O–H groups in total. The SMILES string of the molecule is CN=C(NCCc1ccccc1OC)NCC1CCN(c2ccccc2OC)C1. The number of benzene rings is 2. The quantitative estimate of drug-likeness (QED) is 0.531. The van der Waals surface area contributed by atoms with E-state index in [0.29, 0.717) is 5.92 Å². The van der Waals surface area contributed by atoms with Gasteiger partial charge in [0.05, 0.1) is 19.9 Å². The number of rotatable bonds is 8. The Bertz CT molecular complexity index is 809. The van der Waals surface area contributed by atoms with Gasteiger partial charge in [0.2, 0.25) is 0 Å². The Hall–Kier alpha value is -2.89. The average molecular weight is 397 g/mol. The highest BCUT2D eigenvalue weighted by molar-refractivity contribution is 5.79. The van der Waals surface area contributed by atoms with Crippen LogP contribution < -0.4 is 25.0 Å². The van der Waals surface area contributed by atoms with E-state index < -0.39 is 0 Å². The maximum atomic E-state index is 5.51. The second-order valence-corrected chi connectivity index (χ2v) is 7.21. The van der Waals surface area contributed by atoms with Crippen LogP contribution >= 0.6 is 0 Å². The summed E-state index contributed by atoms with van der Waals surface area (Å²) in [7, 11) is 5.26. The molecule has 3 rings (SSSR count). The molecule has 1 atom stereocenters. The van der Waals surface area contributed by atoms with Crippen molar-refractivity contribution in [3.8, 4) is 11.5 Å². The Kier molecular flexibility index (Phi) is 7.61.